The molecule has 1 amide bonds. The van der Waals surface area contributed by atoms with Gasteiger partial charge >= 0.3 is 0 Å². The zero-order valence-corrected chi connectivity index (χ0v) is 9.35. The second-order valence-corrected chi connectivity index (χ2v) is 3.68. The maximum atomic E-state index is 12.7. The fourth-order valence-corrected chi connectivity index (χ4v) is 1.74. The Labute approximate surface area is 114 Å². The molecule has 3 rings (SSSR count). The molecule has 1 aliphatic heterocycles. The number of carbonyl (C=O) groups excluding carboxylic acids is 1. The molecule has 0 aromatic carbocycles. The highest BCUT2D eigenvalue weighted by atomic mass is 16.1. The maximum absolute atomic E-state index is 12.7. The summed E-state index contributed by atoms with van der Waals surface area (Å²) in [5, 5.41) is 0.356. The van der Waals surface area contributed by atoms with E-state index in [2.05, 4.69) is 9.97 Å². The van der Waals surface area contributed by atoms with Crippen molar-refractivity contribution in [3.63, 3.8) is 0 Å². The number of fused-ring (bicyclic) bond motifs is 2. The normalized spacial score (nSPS) is 20.3. The fourth-order valence-electron chi connectivity index (χ4n) is 1.74. The zero-order chi connectivity index (χ0) is 18.7. The van der Waals surface area contributed by atoms with Crippen LogP contribution in [0.3, 0.4) is 0 Å². The number of anilines is 3. The Hall–Kier alpha value is -2.43. The molecule has 0 unspecified atom stereocenters. The monoisotopic (exact) mass is 247 g/mol. The average molecular weight is 247 g/mol. The molecule has 1 aliphatic rings. The molecule has 1 N–H and O–H groups in total. The van der Waals surface area contributed by atoms with E-state index in [-0.39, 0.29) is 35.1 Å². The quantitative estimate of drug-likeness (QED) is 0.774. The van der Waals surface area contributed by atoms with Crippen LogP contribution in [0.2, 0.25) is 1.41 Å². The molecule has 0 radical (unpaired) electrons. The Morgan fingerprint density at radius 2 is 2.39 bits per heavy atom. The maximum Gasteiger partial charge on any atom is 0.259 e. The van der Waals surface area contributed by atoms with Gasteiger partial charge in [0.05, 0.1) is 15.4 Å². The molecule has 2 aromatic heterocycles. The van der Waals surface area contributed by atoms with Gasteiger partial charge in [-0.15, -0.1) is 0 Å². The Morgan fingerprint density at radius 1 is 1.50 bits per heavy atom. The van der Waals surface area contributed by atoms with Crippen LogP contribution in [0.25, 0.3) is 0 Å². The lowest BCUT2D eigenvalue weighted by Gasteiger charge is -2.18. The minimum Gasteiger partial charge on any atom is -0.318 e. The number of pyridine rings is 2. The second kappa shape index (κ2) is 3.80. The number of aromatic nitrogens is 2. The van der Waals surface area contributed by atoms with E-state index in [1.165, 1.54) is 11.9 Å². The number of rotatable bonds is 0. The first-order chi connectivity index (χ1) is 11.5. The van der Waals surface area contributed by atoms with Gasteiger partial charge in [-0.2, -0.15) is 0 Å². The Bertz CT molecular complexity index is 899. The van der Waals surface area contributed by atoms with Crippen LogP contribution < -0.4 is 10.2 Å². The largest absolute Gasteiger partial charge is 0.318 e. The summed E-state index contributed by atoms with van der Waals surface area (Å²) < 4.78 is 54.2. The van der Waals surface area contributed by atoms with E-state index in [0.29, 0.717) is 5.31 Å². The molecule has 2 aromatic rings. The highest BCUT2D eigenvalue weighted by Gasteiger charge is 2.25. The number of carbonyl (C=O) groups is 1. The van der Waals surface area contributed by atoms with E-state index in [1.54, 1.807) is 0 Å². The minimum absolute atomic E-state index is 0.0104. The van der Waals surface area contributed by atoms with Crippen LogP contribution in [-0.2, 0) is 0 Å². The van der Waals surface area contributed by atoms with Crippen molar-refractivity contribution in [2.24, 2.45) is 0 Å². The molecule has 5 heteroatoms. The number of amides is 1. The third kappa shape index (κ3) is 1.44. The van der Waals surface area contributed by atoms with E-state index in [4.69, 9.17) is 9.64 Å². The van der Waals surface area contributed by atoms with E-state index in [0.717, 1.165) is 12.3 Å². The average Bonchev–Trinajstić information content (AvgIpc) is 2.59. The summed E-state index contributed by atoms with van der Waals surface area (Å²) in [7, 11) is 1.46. The predicted molar refractivity (Wildman–Crippen MR) is 69.2 cm³/mol. The van der Waals surface area contributed by atoms with Crippen molar-refractivity contribution in [3.05, 3.63) is 41.6 Å². The first kappa shape index (κ1) is 5.48. The van der Waals surface area contributed by atoms with Gasteiger partial charge in [0, 0.05) is 23.5 Å². The Morgan fingerprint density at radius 3 is 3.22 bits per heavy atom. The van der Waals surface area contributed by atoms with Gasteiger partial charge in [-0.1, -0.05) is 0 Å². The molecule has 0 aliphatic carbocycles. The molecule has 90 valence electrons. The number of hydrogen-bond donors (Lipinski definition) is 1. The van der Waals surface area contributed by atoms with Crippen LogP contribution in [0.4, 0.5) is 17.3 Å². The van der Waals surface area contributed by atoms with Crippen LogP contribution in [0.15, 0.2) is 30.5 Å². The molecule has 0 saturated heterocycles. The SMILES string of the molecule is [2H]c1cc2c(nc1[2H])N(C)c1ncc([2H])c(C([2H])([2H])[2H])c1N([2H])C2=O. The summed E-state index contributed by atoms with van der Waals surface area (Å²) in [5.41, 5.74) is -0.937. The van der Waals surface area contributed by atoms with Crippen molar-refractivity contribution in [2.75, 3.05) is 17.3 Å². The van der Waals surface area contributed by atoms with Gasteiger partial charge < -0.3 is 10.2 Å². The molecular weight excluding hydrogens is 228 g/mol. The fraction of sp³-hybridized carbons (Fsp3) is 0.154. The summed E-state index contributed by atoms with van der Waals surface area (Å²) >= 11 is 0. The Kier molecular flexibility index (Phi) is 1.16. The predicted octanol–water partition coefficient (Wildman–Crippen LogP) is 2.12. The van der Waals surface area contributed by atoms with Gasteiger partial charge in [-0.05, 0) is 30.6 Å². The van der Waals surface area contributed by atoms with Crippen molar-refractivity contribution in [1.82, 2.24) is 9.97 Å². The van der Waals surface area contributed by atoms with E-state index in [9.17, 15) is 4.79 Å². The molecule has 0 spiro atoms. The topological polar surface area (TPSA) is 58.1 Å². The molecule has 0 bridgehead atoms. The zero-order valence-electron chi connectivity index (χ0n) is 16.4. The molecule has 0 fully saturated rings. The smallest absolute Gasteiger partial charge is 0.259 e. The van der Waals surface area contributed by atoms with Gasteiger partial charge in [0.25, 0.3) is 5.91 Å². The van der Waals surface area contributed by atoms with Crippen molar-refractivity contribution in [3.8, 4) is 0 Å². The second-order valence-electron chi connectivity index (χ2n) is 3.68. The molecule has 5 nitrogen and oxygen atoms in total. The summed E-state index contributed by atoms with van der Waals surface area (Å²) in [4.78, 5) is 21.8. The van der Waals surface area contributed by atoms with Gasteiger partial charge in [-0.25, -0.2) is 9.97 Å². The van der Waals surface area contributed by atoms with Crippen LogP contribution in [0.1, 0.15) is 24.1 Å². The highest BCUT2D eigenvalue weighted by Crippen LogP contribution is 2.35. The van der Waals surface area contributed by atoms with Gasteiger partial charge in [0.1, 0.15) is 5.82 Å². The number of nitrogens with zero attached hydrogens (tertiary/aromatic N) is 3. The molecule has 3 heterocycles. The van der Waals surface area contributed by atoms with Gasteiger partial charge in [0.15, 0.2) is 7.23 Å². The lowest BCUT2D eigenvalue weighted by molar-refractivity contribution is 0.102. The van der Waals surface area contributed by atoms with Crippen LogP contribution >= 0.6 is 0 Å². The lowest BCUT2D eigenvalue weighted by atomic mass is 10.2. The van der Waals surface area contributed by atoms with Crippen molar-refractivity contribution in [1.29, 1.82) is 0 Å². The third-order valence-corrected chi connectivity index (χ3v) is 2.61. The molecular formula is C13H12N4O. The minimum atomic E-state index is -2.74. The summed E-state index contributed by atoms with van der Waals surface area (Å²) in [6.07, 6.45) is 0.660. The molecule has 0 atom stereocenters. The lowest BCUT2D eigenvalue weighted by Crippen LogP contribution is -2.14. The van der Waals surface area contributed by atoms with Crippen LogP contribution in [-0.4, -0.2) is 22.9 Å². The highest BCUT2D eigenvalue weighted by molar-refractivity contribution is 6.11. The van der Waals surface area contributed by atoms with E-state index < -0.39 is 24.4 Å². The number of nitrogens with one attached hydrogen (secondary N) is 1. The van der Waals surface area contributed by atoms with Crippen LogP contribution in [0, 0.1) is 6.85 Å². The first-order valence-corrected chi connectivity index (χ1v) is 5.09. The van der Waals surface area contributed by atoms with Gasteiger partial charge in [0.2, 0.25) is 0 Å². The first-order valence-electron chi connectivity index (χ1n) is 8.54. The van der Waals surface area contributed by atoms with E-state index >= 15 is 0 Å². The summed E-state index contributed by atoms with van der Waals surface area (Å²) in [6.45, 7) is -2.74. The van der Waals surface area contributed by atoms with E-state index in [1.807, 2.05) is 0 Å². The van der Waals surface area contributed by atoms with Gasteiger partial charge in [-0.3, -0.25) is 4.79 Å². The standard InChI is InChI=1S/C13H12N4O/c1-8-5-7-15-12-10(8)16-13(18)9-4-3-6-14-11(9)17(12)2/h3-7H,1-2H3,(H,16,18)/i1D3,3D,5D,6D/hD. The summed E-state index contributed by atoms with van der Waals surface area (Å²) in [5.74, 6) is -0.975. The van der Waals surface area contributed by atoms with Crippen molar-refractivity contribution >= 4 is 23.2 Å². The van der Waals surface area contributed by atoms with Crippen molar-refractivity contribution < 1.29 is 14.4 Å². The van der Waals surface area contributed by atoms with Crippen molar-refractivity contribution in [2.45, 2.75) is 6.85 Å². The summed E-state index contributed by atoms with van der Waals surface area (Å²) in [6, 6.07) is 0.386. The Balaban J connectivity index is 2.39. The third-order valence-electron chi connectivity index (χ3n) is 2.61. The molecule has 0 saturated carbocycles. The van der Waals surface area contributed by atoms with Crippen LogP contribution in [0.5, 0.6) is 0 Å². The molecule has 18 heavy (non-hydrogen) atoms. The number of hydrogen-bond acceptors (Lipinski definition) is 4.